The number of nitrogens with zero attached hydrogens (tertiary/aromatic N) is 3. The highest BCUT2D eigenvalue weighted by atomic mass is 19.1. The highest BCUT2D eigenvalue weighted by Gasteiger charge is 2.21. The Morgan fingerprint density at radius 2 is 1.86 bits per heavy atom. The fourth-order valence-electron chi connectivity index (χ4n) is 2.30. The zero-order valence-electron chi connectivity index (χ0n) is 11.7. The van der Waals surface area contributed by atoms with Gasteiger partial charge in [0.2, 0.25) is 5.91 Å². The number of rotatable bonds is 4. The van der Waals surface area contributed by atoms with Gasteiger partial charge in [0, 0.05) is 26.2 Å². The maximum atomic E-state index is 12.8. The van der Waals surface area contributed by atoms with Crippen molar-refractivity contribution >= 4 is 11.7 Å². The molecule has 21 heavy (non-hydrogen) atoms. The Hall–Kier alpha value is -2.15. The molecule has 0 atom stereocenters. The van der Waals surface area contributed by atoms with Crippen molar-refractivity contribution in [3.05, 3.63) is 35.6 Å². The Kier molecular flexibility index (Phi) is 5.10. The van der Waals surface area contributed by atoms with Gasteiger partial charge in [0.25, 0.3) is 0 Å². The third-order valence-corrected chi connectivity index (χ3v) is 3.51. The smallest absolute Gasteiger partial charge is 0.227 e. The molecule has 3 N–H and O–H groups in total. The van der Waals surface area contributed by atoms with Crippen LogP contribution in [0.2, 0.25) is 0 Å². The van der Waals surface area contributed by atoms with Gasteiger partial charge in [0.1, 0.15) is 5.82 Å². The minimum absolute atomic E-state index is 0.0325. The lowest BCUT2D eigenvalue weighted by Crippen LogP contribution is -2.51. The molecule has 1 heterocycles. The van der Waals surface area contributed by atoms with Crippen LogP contribution in [0.1, 0.15) is 5.56 Å². The lowest BCUT2D eigenvalue weighted by molar-refractivity contribution is -0.132. The number of oxime groups is 1. The highest BCUT2D eigenvalue weighted by molar-refractivity contribution is 5.81. The molecule has 0 radical (unpaired) electrons. The molecule has 6 nitrogen and oxygen atoms in total. The van der Waals surface area contributed by atoms with Gasteiger partial charge in [-0.25, -0.2) is 4.39 Å². The first-order chi connectivity index (χ1) is 10.1. The van der Waals surface area contributed by atoms with E-state index < -0.39 is 0 Å². The molecule has 0 bridgehead atoms. The molecule has 2 rings (SSSR count). The molecule has 0 saturated carbocycles. The summed E-state index contributed by atoms with van der Waals surface area (Å²) in [5.41, 5.74) is 6.27. The summed E-state index contributed by atoms with van der Waals surface area (Å²) in [4.78, 5) is 16.0. The number of hydrogen-bond acceptors (Lipinski definition) is 4. The number of piperazine rings is 1. The van der Waals surface area contributed by atoms with Crippen LogP contribution < -0.4 is 5.73 Å². The minimum atomic E-state index is -0.303. The normalized spacial score (nSPS) is 17.0. The molecule has 1 aromatic rings. The van der Waals surface area contributed by atoms with Crippen LogP contribution in [0.3, 0.4) is 0 Å². The predicted molar refractivity (Wildman–Crippen MR) is 76.5 cm³/mol. The number of nitrogens with two attached hydrogens (primary N) is 1. The van der Waals surface area contributed by atoms with E-state index in [2.05, 4.69) is 5.16 Å². The molecule has 0 aromatic heterocycles. The van der Waals surface area contributed by atoms with Gasteiger partial charge in [-0.3, -0.25) is 9.69 Å². The molecule has 1 saturated heterocycles. The van der Waals surface area contributed by atoms with E-state index in [0.29, 0.717) is 32.7 Å². The fraction of sp³-hybridized carbons (Fsp3) is 0.429. The lowest BCUT2D eigenvalue weighted by atomic mass is 10.1. The fourth-order valence-corrected chi connectivity index (χ4v) is 2.30. The lowest BCUT2D eigenvalue weighted by Gasteiger charge is -2.34. The van der Waals surface area contributed by atoms with E-state index in [1.807, 2.05) is 4.90 Å². The zero-order chi connectivity index (χ0) is 15.2. The number of amides is 1. The van der Waals surface area contributed by atoms with Crippen molar-refractivity contribution < 1.29 is 14.4 Å². The van der Waals surface area contributed by atoms with Gasteiger partial charge in [-0.15, -0.1) is 0 Å². The zero-order valence-corrected chi connectivity index (χ0v) is 11.7. The van der Waals surface area contributed by atoms with Crippen molar-refractivity contribution in [3.8, 4) is 0 Å². The average molecular weight is 294 g/mol. The van der Waals surface area contributed by atoms with Gasteiger partial charge in [-0.05, 0) is 17.7 Å². The van der Waals surface area contributed by atoms with Crippen molar-refractivity contribution in [3.63, 3.8) is 0 Å². The van der Waals surface area contributed by atoms with Crippen LogP contribution in [0.25, 0.3) is 0 Å². The summed E-state index contributed by atoms with van der Waals surface area (Å²) in [6.45, 7) is 2.99. The first-order valence-electron chi connectivity index (χ1n) is 6.79. The van der Waals surface area contributed by atoms with E-state index in [1.165, 1.54) is 12.1 Å². The van der Waals surface area contributed by atoms with Crippen molar-refractivity contribution in [2.75, 3.05) is 32.7 Å². The Morgan fingerprint density at radius 1 is 1.24 bits per heavy atom. The van der Waals surface area contributed by atoms with Crippen molar-refractivity contribution in [2.45, 2.75) is 6.42 Å². The number of benzene rings is 1. The third kappa shape index (κ3) is 4.42. The minimum Gasteiger partial charge on any atom is -0.409 e. The maximum absolute atomic E-state index is 12.8. The van der Waals surface area contributed by atoms with E-state index in [4.69, 9.17) is 10.9 Å². The summed E-state index contributed by atoms with van der Waals surface area (Å²) in [6.07, 6.45) is 0.278. The monoisotopic (exact) mass is 294 g/mol. The molecule has 0 unspecified atom stereocenters. The summed E-state index contributed by atoms with van der Waals surface area (Å²) in [5, 5.41) is 11.5. The Morgan fingerprint density at radius 3 is 2.43 bits per heavy atom. The SMILES string of the molecule is NC(CN1CCN(C(=O)Cc2ccc(F)cc2)CC1)=NO. The summed E-state index contributed by atoms with van der Waals surface area (Å²) in [6, 6.07) is 5.97. The van der Waals surface area contributed by atoms with Crippen LogP contribution in [0.5, 0.6) is 0 Å². The molecule has 0 aliphatic carbocycles. The second-order valence-corrected chi connectivity index (χ2v) is 5.05. The number of carbonyl (C=O) groups excluding carboxylic acids is 1. The quantitative estimate of drug-likeness (QED) is 0.361. The topological polar surface area (TPSA) is 82.2 Å². The first-order valence-corrected chi connectivity index (χ1v) is 6.79. The first kappa shape index (κ1) is 15.2. The molecule has 1 aliphatic heterocycles. The second kappa shape index (κ2) is 7.03. The van der Waals surface area contributed by atoms with Crippen molar-refractivity contribution in [2.24, 2.45) is 10.9 Å². The number of halogens is 1. The third-order valence-electron chi connectivity index (χ3n) is 3.51. The summed E-state index contributed by atoms with van der Waals surface area (Å²) in [7, 11) is 0. The molecule has 1 aromatic carbocycles. The molecule has 1 aliphatic rings. The van der Waals surface area contributed by atoms with E-state index >= 15 is 0 Å². The molecule has 114 valence electrons. The second-order valence-electron chi connectivity index (χ2n) is 5.05. The predicted octanol–water partition coefficient (Wildman–Crippen LogP) is 0.259. The standard InChI is InChI=1S/C14H19FN4O2/c15-12-3-1-11(2-4-12)9-14(20)19-7-5-18(6-8-19)10-13(16)17-21/h1-4,21H,5-10H2,(H2,16,17). The molecular formula is C14H19FN4O2. The van der Waals surface area contributed by atoms with E-state index in [1.54, 1.807) is 17.0 Å². The summed E-state index contributed by atoms with van der Waals surface area (Å²) < 4.78 is 12.8. The molecule has 0 spiro atoms. The highest BCUT2D eigenvalue weighted by Crippen LogP contribution is 2.08. The van der Waals surface area contributed by atoms with Crippen LogP contribution in [0.15, 0.2) is 29.4 Å². The van der Waals surface area contributed by atoms with Gasteiger partial charge in [0.15, 0.2) is 5.84 Å². The van der Waals surface area contributed by atoms with E-state index in [0.717, 1.165) is 5.56 Å². The van der Waals surface area contributed by atoms with Crippen LogP contribution in [-0.4, -0.2) is 59.5 Å². The van der Waals surface area contributed by atoms with Gasteiger partial charge < -0.3 is 15.8 Å². The van der Waals surface area contributed by atoms with Gasteiger partial charge in [-0.2, -0.15) is 0 Å². The molecule has 1 fully saturated rings. The van der Waals surface area contributed by atoms with Crippen LogP contribution in [0.4, 0.5) is 4.39 Å². The Bertz CT molecular complexity index is 510. The Balaban J connectivity index is 1.81. The van der Waals surface area contributed by atoms with Gasteiger partial charge >= 0.3 is 0 Å². The van der Waals surface area contributed by atoms with Crippen molar-refractivity contribution in [1.82, 2.24) is 9.80 Å². The maximum Gasteiger partial charge on any atom is 0.227 e. The van der Waals surface area contributed by atoms with Crippen molar-refractivity contribution in [1.29, 1.82) is 0 Å². The van der Waals surface area contributed by atoms with Gasteiger partial charge in [-0.1, -0.05) is 17.3 Å². The molecular weight excluding hydrogens is 275 g/mol. The largest absolute Gasteiger partial charge is 0.409 e. The van der Waals surface area contributed by atoms with Gasteiger partial charge in [0.05, 0.1) is 13.0 Å². The molecule has 1 amide bonds. The number of amidine groups is 1. The van der Waals surface area contributed by atoms with Crippen LogP contribution in [-0.2, 0) is 11.2 Å². The van der Waals surface area contributed by atoms with Crippen LogP contribution >= 0.6 is 0 Å². The average Bonchev–Trinajstić information content (AvgIpc) is 2.50. The van der Waals surface area contributed by atoms with E-state index in [9.17, 15) is 9.18 Å². The Labute approximate surface area is 122 Å². The number of hydrogen-bond donors (Lipinski definition) is 2. The summed E-state index contributed by atoms with van der Waals surface area (Å²) >= 11 is 0. The number of carbonyl (C=O) groups is 1. The van der Waals surface area contributed by atoms with E-state index in [-0.39, 0.29) is 24.0 Å². The molecule has 7 heteroatoms. The van der Waals surface area contributed by atoms with Crippen LogP contribution in [0, 0.1) is 5.82 Å². The summed E-state index contributed by atoms with van der Waals surface area (Å²) in [5.74, 6) is -0.103.